The molecular formula is C8H8BrClO3S2. The summed E-state index contributed by atoms with van der Waals surface area (Å²) in [4.78, 5) is 12.1. The van der Waals surface area contributed by atoms with E-state index in [1.807, 2.05) is 0 Å². The van der Waals surface area contributed by atoms with Crippen LogP contribution >= 0.6 is 38.9 Å². The van der Waals surface area contributed by atoms with Gasteiger partial charge in [-0.25, -0.2) is 8.42 Å². The van der Waals surface area contributed by atoms with Crippen molar-refractivity contribution in [3.63, 3.8) is 0 Å². The molecule has 15 heavy (non-hydrogen) atoms. The number of carbonyl (C=O) groups excluding carboxylic acids is 1. The van der Waals surface area contributed by atoms with Crippen LogP contribution in [0.15, 0.2) is 10.5 Å². The van der Waals surface area contributed by atoms with Crippen LogP contribution in [0, 0.1) is 0 Å². The minimum atomic E-state index is -3.36. The SMILES string of the molecule is CC(C(=O)c1cc(Br)c(Cl)s1)S(C)(=O)=O. The van der Waals surface area contributed by atoms with Crippen LogP contribution < -0.4 is 0 Å². The Balaban J connectivity index is 3.06. The number of thiophene rings is 1. The van der Waals surface area contributed by atoms with Gasteiger partial charge in [0.25, 0.3) is 0 Å². The van der Waals surface area contributed by atoms with Crippen molar-refractivity contribution in [3.8, 4) is 0 Å². The Labute approximate surface area is 105 Å². The van der Waals surface area contributed by atoms with Crippen molar-refractivity contribution in [3.05, 3.63) is 19.8 Å². The summed E-state index contributed by atoms with van der Waals surface area (Å²) in [6.45, 7) is 1.37. The molecule has 0 radical (unpaired) electrons. The Morgan fingerprint density at radius 3 is 2.47 bits per heavy atom. The average molecular weight is 332 g/mol. The Morgan fingerprint density at radius 2 is 2.13 bits per heavy atom. The van der Waals surface area contributed by atoms with Gasteiger partial charge in [0.1, 0.15) is 9.59 Å². The van der Waals surface area contributed by atoms with Gasteiger partial charge in [0.05, 0.1) is 4.88 Å². The molecule has 1 aromatic rings. The highest BCUT2D eigenvalue weighted by atomic mass is 79.9. The number of hydrogen-bond donors (Lipinski definition) is 0. The quantitative estimate of drug-likeness (QED) is 0.800. The summed E-state index contributed by atoms with van der Waals surface area (Å²) in [6, 6.07) is 1.54. The zero-order valence-corrected chi connectivity index (χ0v) is 11.9. The lowest BCUT2D eigenvalue weighted by Crippen LogP contribution is -2.25. The van der Waals surface area contributed by atoms with Crippen LogP contribution in [0.2, 0.25) is 4.34 Å². The van der Waals surface area contributed by atoms with Crippen molar-refractivity contribution in [2.24, 2.45) is 0 Å². The van der Waals surface area contributed by atoms with Crippen LogP contribution in [0.3, 0.4) is 0 Å². The van der Waals surface area contributed by atoms with Crippen LogP contribution in [-0.2, 0) is 9.84 Å². The van der Waals surface area contributed by atoms with E-state index in [1.165, 1.54) is 13.0 Å². The van der Waals surface area contributed by atoms with Gasteiger partial charge in [0.15, 0.2) is 15.6 Å². The van der Waals surface area contributed by atoms with Gasteiger partial charge in [-0.05, 0) is 28.9 Å². The molecule has 0 aliphatic carbocycles. The Hall–Kier alpha value is 0.0900. The van der Waals surface area contributed by atoms with Gasteiger partial charge in [-0.3, -0.25) is 4.79 Å². The second-order valence-electron chi connectivity index (χ2n) is 3.07. The Kier molecular flexibility index (Phi) is 3.97. The van der Waals surface area contributed by atoms with Crippen LogP contribution in [0.25, 0.3) is 0 Å². The van der Waals surface area contributed by atoms with Gasteiger partial charge >= 0.3 is 0 Å². The number of sulfone groups is 1. The van der Waals surface area contributed by atoms with E-state index < -0.39 is 20.9 Å². The van der Waals surface area contributed by atoms with Crippen LogP contribution in [-0.4, -0.2) is 25.7 Å². The maximum Gasteiger partial charge on any atom is 0.190 e. The molecule has 0 fully saturated rings. The van der Waals surface area contributed by atoms with Crippen molar-refractivity contribution < 1.29 is 13.2 Å². The standard InChI is InChI=1S/C8H8BrClO3S2/c1-4(15(2,12)13)7(11)6-3-5(9)8(10)14-6/h3-4H,1-2H3. The molecule has 0 bridgehead atoms. The number of rotatable bonds is 3. The van der Waals surface area contributed by atoms with Crippen molar-refractivity contribution >= 4 is 54.5 Å². The lowest BCUT2D eigenvalue weighted by atomic mass is 10.2. The molecule has 1 rings (SSSR count). The summed E-state index contributed by atoms with van der Waals surface area (Å²) in [7, 11) is -3.36. The van der Waals surface area contributed by atoms with E-state index in [4.69, 9.17) is 11.6 Å². The summed E-state index contributed by atoms with van der Waals surface area (Å²) in [5.41, 5.74) is 0. The molecule has 1 atom stereocenters. The summed E-state index contributed by atoms with van der Waals surface area (Å²) in [6.07, 6.45) is 1.04. The molecule has 1 aromatic heterocycles. The predicted molar refractivity (Wildman–Crippen MR) is 65.7 cm³/mol. The molecule has 0 N–H and O–H groups in total. The molecule has 3 nitrogen and oxygen atoms in total. The van der Waals surface area contributed by atoms with E-state index in [1.54, 1.807) is 0 Å². The van der Waals surface area contributed by atoms with Gasteiger partial charge in [-0.1, -0.05) is 11.6 Å². The first-order valence-corrected chi connectivity index (χ1v) is 7.85. The van der Waals surface area contributed by atoms with Gasteiger partial charge in [-0.15, -0.1) is 11.3 Å². The third-order valence-corrected chi connectivity index (χ3v) is 5.89. The predicted octanol–water partition coefficient (Wildman–Crippen LogP) is 2.78. The molecule has 0 aromatic carbocycles. The van der Waals surface area contributed by atoms with E-state index >= 15 is 0 Å². The second-order valence-corrected chi connectivity index (χ2v) is 7.94. The van der Waals surface area contributed by atoms with Gasteiger partial charge in [0.2, 0.25) is 0 Å². The monoisotopic (exact) mass is 330 g/mol. The number of halogens is 2. The summed E-state index contributed by atoms with van der Waals surface area (Å²) < 4.78 is 23.4. The van der Waals surface area contributed by atoms with Gasteiger partial charge in [-0.2, -0.15) is 0 Å². The Bertz CT molecular complexity index is 472. The zero-order valence-electron chi connectivity index (χ0n) is 7.95. The molecular weight excluding hydrogens is 324 g/mol. The van der Waals surface area contributed by atoms with E-state index in [-0.39, 0.29) is 0 Å². The maximum absolute atomic E-state index is 11.7. The van der Waals surface area contributed by atoms with Gasteiger partial charge in [0, 0.05) is 10.7 Å². The first kappa shape index (κ1) is 13.2. The first-order valence-electron chi connectivity index (χ1n) is 3.91. The van der Waals surface area contributed by atoms with Crippen LogP contribution in [0.1, 0.15) is 16.6 Å². The molecule has 0 amide bonds. The summed E-state index contributed by atoms with van der Waals surface area (Å²) >= 11 is 9.99. The normalized spacial score (nSPS) is 13.9. The summed E-state index contributed by atoms with van der Waals surface area (Å²) in [5, 5.41) is -1.03. The lowest BCUT2D eigenvalue weighted by molar-refractivity contribution is 0.0995. The molecule has 0 saturated heterocycles. The molecule has 84 valence electrons. The Morgan fingerprint density at radius 1 is 1.60 bits per heavy atom. The zero-order chi connectivity index (χ0) is 11.8. The molecule has 0 saturated carbocycles. The van der Waals surface area contributed by atoms with Crippen LogP contribution in [0.4, 0.5) is 0 Å². The fourth-order valence-corrected chi connectivity index (χ4v) is 3.18. The minimum absolute atomic E-state index is 0.352. The highest BCUT2D eigenvalue weighted by Crippen LogP contribution is 2.33. The summed E-state index contributed by atoms with van der Waals surface area (Å²) in [5.74, 6) is -0.421. The fraction of sp³-hybridized carbons (Fsp3) is 0.375. The molecule has 1 unspecified atom stereocenters. The van der Waals surface area contributed by atoms with Crippen molar-refractivity contribution in [2.45, 2.75) is 12.2 Å². The van der Waals surface area contributed by atoms with Crippen molar-refractivity contribution in [1.82, 2.24) is 0 Å². The largest absolute Gasteiger partial charge is 0.292 e. The topological polar surface area (TPSA) is 51.2 Å². The van der Waals surface area contributed by atoms with E-state index in [9.17, 15) is 13.2 Å². The van der Waals surface area contributed by atoms with Crippen molar-refractivity contribution in [1.29, 1.82) is 0 Å². The third-order valence-electron chi connectivity index (χ3n) is 1.90. The molecule has 1 heterocycles. The highest BCUT2D eigenvalue weighted by molar-refractivity contribution is 9.10. The maximum atomic E-state index is 11.7. The number of hydrogen-bond acceptors (Lipinski definition) is 4. The highest BCUT2D eigenvalue weighted by Gasteiger charge is 2.26. The first-order chi connectivity index (χ1) is 6.73. The lowest BCUT2D eigenvalue weighted by Gasteiger charge is -2.05. The van der Waals surface area contributed by atoms with Gasteiger partial charge < -0.3 is 0 Å². The number of Topliss-reactive ketones (excluding diaryl/α,β-unsaturated/α-hetero) is 1. The molecule has 7 heteroatoms. The second kappa shape index (κ2) is 4.53. The number of carbonyl (C=O) groups is 1. The van der Waals surface area contributed by atoms with E-state index in [2.05, 4.69) is 15.9 Å². The van der Waals surface area contributed by atoms with E-state index in [0.717, 1.165) is 17.6 Å². The fourth-order valence-electron chi connectivity index (χ4n) is 0.863. The molecule has 0 spiro atoms. The molecule has 0 aliphatic heterocycles. The third kappa shape index (κ3) is 3.03. The number of ketones is 1. The smallest absolute Gasteiger partial charge is 0.190 e. The van der Waals surface area contributed by atoms with Crippen molar-refractivity contribution in [2.75, 3.05) is 6.26 Å². The van der Waals surface area contributed by atoms with Crippen LogP contribution in [0.5, 0.6) is 0 Å². The minimum Gasteiger partial charge on any atom is -0.292 e. The molecule has 0 aliphatic rings. The van der Waals surface area contributed by atoms with E-state index in [0.29, 0.717) is 13.7 Å². The average Bonchev–Trinajstić information content (AvgIpc) is 2.43.